The molecule has 1 atom stereocenters. The predicted octanol–water partition coefficient (Wildman–Crippen LogP) is 3.65. The summed E-state index contributed by atoms with van der Waals surface area (Å²) in [7, 11) is 1.56. The van der Waals surface area contributed by atoms with E-state index in [4.69, 9.17) is 9.47 Å². The fourth-order valence-electron chi connectivity index (χ4n) is 2.29. The second-order valence-corrected chi connectivity index (χ2v) is 7.44. The number of hydrazine groups is 1. The molecule has 2 aromatic carbocycles. The third kappa shape index (κ3) is 5.85. The highest BCUT2D eigenvalue weighted by atomic mass is 127. The Morgan fingerprint density at radius 3 is 2.22 bits per heavy atom. The largest absolute Gasteiger partial charge is 0.496 e. The highest BCUT2D eigenvalue weighted by Gasteiger charge is 2.16. The van der Waals surface area contributed by atoms with E-state index in [9.17, 15) is 9.59 Å². The van der Waals surface area contributed by atoms with Crippen LogP contribution < -0.4 is 20.3 Å². The summed E-state index contributed by atoms with van der Waals surface area (Å²) in [6, 6.07) is 12.6. The number of benzene rings is 2. The molecule has 27 heavy (non-hydrogen) atoms. The molecule has 6 nitrogen and oxygen atoms in total. The number of rotatable bonds is 6. The van der Waals surface area contributed by atoms with E-state index in [2.05, 4.69) is 47.3 Å². The minimum Gasteiger partial charge on any atom is -0.496 e. The third-order valence-corrected chi connectivity index (χ3v) is 4.79. The van der Waals surface area contributed by atoms with Gasteiger partial charge in [-0.3, -0.25) is 20.4 Å². The molecule has 0 aliphatic heterocycles. The van der Waals surface area contributed by atoms with E-state index in [1.807, 2.05) is 24.3 Å². The third-order valence-electron chi connectivity index (χ3n) is 3.94. The van der Waals surface area contributed by atoms with E-state index in [0.29, 0.717) is 23.0 Å². The Bertz CT molecular complexity index is 806. The van der Waals surface area contributed by atoms with Crippen molar-refractivity contribution in [1.29, 1.82) is 0 Å². The number of carbonyl (C=O) groups is 2. The smallest absolute Gasteiger partial charge is 0.279 e. The number of amides is 2. The Balaban J connectivity index is 1.88. The molecule has 2 amide bonds. The first-order valence-corrected chi connectivity index (χ1v) is 9.60. The SMILES string of the molecule is COc1ccc(C(=O)NNC(=O)C(C)Oc2ccc(C(C)C)cc2)cc1I. The van der Waals surface area contributed by atoms with E-state index in [1.54, 1.807) is 32.2 Å². The summed E-state index contributed by atoms with van der Waals surface area (Å²) in [6.07, 6.45) is -0.758. The number of methoxy groups -OCH3 is 1. The van der Waals surface area contributed by atoms with Crippen molar-refractivity contribution in [1.82, 2.24) is 10.9 Å². The van der Waals surface area contributed by atoms with Crippen LogP contribution in [0.3, 0.4) is 0 Å². The monoisotopic (exact) mass is 482 g/mol. The van der Waals surface area contributed by atoms with E-state index in [1.165, 1.54) is 5.56 Å². The van der Waals surface area contributed by atoms with Crippen LogP contribution in [0.4, 0.5) is 0 Å². The molecule has 0 heterocycles. The molecule has 0 aliphatic carbocycles. The predicted molar refractivity (Wildman–Crippen MR) is 112 cm³/mol. The maximum absolute atomic E-state index is 12.2. The molecule has 7 heteroatoms. The molecule has 0 aliphatic rings. The molecule has 1 unspecified atom stereocenters. The average molecular weight is 482 g/mol. The maximum Gasteiger partial charge on any atom is 0.279 e. The summed E-state index contributed by atoms with van der Waals surface area (Å²) in [5.41, 5.74) is 6.38. The summed E-state index contributed by atoms with van der Waals surface area (Å²) in [5, 5.41) is 0. The van der Waals surface area contributed by atoms with Gasteiger partial charge >= 0.3 is 0 Å². The van der Waals surface area contributed by atoms with E-state index >= 15 is 0 Å². The number of hydrogen-bond acceptors (Lipinski definition) is 4. The van der Waals surface area contributed by atoms with E-state index in [0.717, 1.165) is 3.57 Å². The zero-order valence-corrected chi connectivity index (χ0v) is 17.9. The molecule has 2 rings (SSSR count). The Morgan fingerprint density at radius 1 is 1.00 bits per heavy atom. The Hall–Kier alpha value is -2.29. The van der Waals surface area contributed by atoms with Gasteiger partial charge in [0.25, 0.3) is 11.8 Å². The number of ether oxygens (including phenoxy) is 2. The summed E-state index contributed by atoms with van der Waals surface area (Å²) < 4.78 is 11.6. The first kappa shape index (κ1) is 21.0. The summed E-state index contributed by atoms with van der Waals surface area (Å²) in [5.74, 6) is 0.840. The molecule has 144 valence electrons. The lowest BCUT2D eigenvalue weighted by Crippen LogP contribution is -2.47. The van der Waals surface area contributed by atoms with Crippen molar-refractivity contribution in [3.05, 3.63) is 57.2 Å². The van der Waals surface area contributed by atoms with Gasteiger partial charge in [0.15, 0.2) is 6.10 Å². The fourth-order valence-corrected chi connectivity index (χ4v) is 3.02. The Kier molecular flexibility index (Phi) is 7.46. The topological polar surface area (TPSA) is 76.7 Å². The lowest BCUT2D eigenvalue weighted by Gasteiger charge is -2.16. The Morgan fingerprint density at radius 2 is 1.67 bits per heavy atom. The van der Waals surface area contributed by atoms with Crippen LogP contribution in [-0.2, 0) is 4.79 Å². The molecule has 0 saturated heterocycles. The number of carbonyl (C=O) groups excluding carboxylic acids is 2. The van der Waals surface area contributed by atoms with Gasteiger partial charge in [-0.1, -0.05) is 26.0 Å². The molecule has 0 spiro atoms. The molecular weight excluding hydrogens is 459 g/mol. The van der Waals surface area contributed by atoms with Gasteiger partial charge in [0.05, 0.1) is 10.7 Å². The van der Waals surface area contributed by atoms with Crippen LogP contribution >= 0.6 is 22.6 Å². The molecule has 0 fully saturated rings. The molecule has 2 aromatic rings. The van der Waals surface area contributed by atoms with Crippen molar-refractivity contribution in [3.8, 4) is 11.5 Å². The van der Waals surface area contributed by atoms with Crippen LogP contribution in [0, 0.1) is 3.57 Å². The average Bonchev–Trinajstić information content (AvgIpc) is 2.66. The lowest BCUT2D eigenvalue weighted by atomic mass is 10.0. The Labute approximate surface area is 172 Å². The molecule has 2 N–H and O–H groups in total. The van der Waals surface area contributed by atoms with Crippen LogP contribution in [0.2, 0.25) is 0 Å². The molecule has 0 radical (unpaired) electrons. The minimum atomic E-state index is -0.758. The van der Waals surface area contributed by atoms with Gasteiger partial charge in [0.1, 0.15) is 11.5 Å². The number of hydrogen-bond donors (Lipinski definition) is 2. The number of nitrogens with one attached hydrogen (secondary N) is 2. The molecule has 0 aromatic heterocycles. The normalized spacial score (nSPS) is 11.6. The van der Waals surface area contributed by atoms with Crippen LogP contribution in [0.1, 0.15) is 42.6 Å². The second kappa shape index (κ2) is 9.59. The van der Waals surface area contributed by atoms with E-state index in [-0.39, 0.29) is 0 Å². The maximum atomic E-state index is 12.2. The first-order valence-electron chi connectivity index (χ1n) is 8.52. The highest BCUT2D eigenvalue weighted by molar-refractivity contribution is 14.1. The minimum absolute atomic E-state index is 0.415. The lowest BCUT2D eigenvalue weighted by molar-refractivity contribution is -0.128. The molecule has 0 bridgehead atoms. The first-order chi connectivity index (χ1) is 12.8. The van der Waals surface area contributed by atoms with Gasteiger partial charge in [-0.2, -0.15) is 0 Å². The summed E-state index contributed by atoms with van der Waals surface area (Å²) in [4.78, 5) is 24.3. The van der Waals surface area contributed by atoms with Crippen LogP contribution in [-0.4, -0.2) is 25.0 Å². The fraction of sp³-hybridized carbons (Fsp3) is 0.300. The zero-order chi connectivity index (χ0) is 20.0. The van der Waals surface area contributed by atoms with Gasteiger partial charge in [-0.05, 0) is 71.3 Å². The second-order valence-electron chi connectivity index (χ2n) is 6.28. The molecular formula is C20H23IN2O4. The van der Waals surface area contributed by atoms with Crippen molar-refractivity contribution in [2.75, 3.05) is 7.11 Å². The van der Waals surface area contributed by atoms with Crippen molar-refractivity contribution in [3.63, 3.8) is 0 Å². The summed E-state index contributed by atoms with van der Waals surface area (Å²) in [6.45, 7) is 5.84. The van der Waals surface area contributed by atoms with Gasteiger partial charge in [-0.25, -0.2) is 0 Å². The van der Waals surface area contributed by atoms with Crippen molar-refractivity contribution in [2.24, 2.45) is 0 Å². The van der Waals surface area contributed by atoms with Crippen molar-refractivity contribution < 1.29 is 19.1 Å². The van der Waals surface area contributed by atoms with Crippen LogP contribution in [0.15, 0.2) is 42.5 Å². The van der Waals surface area contributed by atoms with Crippen molar-refractivity contribution in [2.45, 2.75) is 32.8 Å². The van der Waals surface area contributed by atoms with E-state index < -0.39 is 17.9 Å². The zero-order valence-electron chi connectivity index (χ0n) is 15.7. The van der Waals surface area contributed by atoms with Crippen LogP contribution in [0.25, 0.3) is 0 Å². The van der Waals surface area contributed by atoms with Gasteiger partial charge < -0.3 is 9.47 Å². The molecule has 0 saturated carbocycles. The quantitative estimate of drug-likeness (QED) is 0.487. The van der Waals surface area contributed by atoms with Gasteiger partial charge in [-0.15, -0.1) is 0 Å². The highest BCUT2D eigenvalue weighted by Crippen LogP contribution is 2.21. The van der Waals surface area contributed by atoms with Gasteiger partial charge in [0, 0.05) is 5.56 Å². The van der Waals surface area contributed by atoms with Gasteiger partial charge in [0.2, 0.25) is 0 Å². The van der Waals surface area contributed by atoms with Crippen molar-refractivity contribution >= 4 is 34.4 Å². The standard InChI is InChI=1S/C20H23IN2O4/c1-12(2)14-5-8-16(9-6-14)27-13(3)19(24)22-23-20(25)15-7-10-18(26-4)17(21)11-15/h5-13H,1-4H3,(H,22,24)(H,23,25). The number of halogens is 1. The van der Waals surface area contributed by atoms with Crippen LogP contribution in [0.5, 0.6) is 11.5 Å². The summed E-state index contributed by atoms with van der Waals surface area (Å²) >= 11 is 2.08.